The van der Waals surface area contributed by atoms with Crippen molar-refractivity contribution in [2.75, 3.05) is 0 Å². The Morgan fingerprint density at radius 2 is 0.485 bits per heavy atom. The highest BCUT2D eigenvalue weighted by atomic mass is 15.0. The molecule has 3 nitrogen and oxygen atoms in total. The van der Waals surface area contributed by atoms with Gasteiger partial charge in [0.2, 0.25) is 0 Å². The van der Waals surface area contributed by atoms with Gasteiger partial charge in [-0.15, -0.1) is 0 Å². The van der Waals surface area contributed by atoms with Crippen LogP contribution in [0.4, 0.5) is 0 Å². The maximum Gasteiger partial charge on any atom is 0.164 e. The van der Waals surface area contributed by atoms with Crippen LogP contribution in [0.1, 0.15) is 0 Å². The van der Waals surface area contributed by atoms with Gasteiger partial charge in [-0.3, -0.25) is 0 Å². The molecule has 0 atom stereocenters. The van der Waals surface area contributed by atoms with Crippen LogP contribution < -0.4 is 0 Å². The van der Waals surface area contributed by atoms with Crippen LogP contribution in [0.25, 0.3) is 122 Å². The first-order valence-electron chi connectivity index (χ1n) is 23.1. The summed E-state index contributed by atoms with van der Waals surface area (Å²) in [6.07, 6.45) is 0. The molecule has 11 aromatic carbocycles. The topological polar surface area (TPSA) is 38.7 Å². The minimum Gasteiger partial charge on any atom is -0.208 e. The normalized spacial score (nSPS) is 11.2. The predicted octanol–water partition coefficient (Wildman–Crippen LogP) is 17.2. The van der Waals surface area contributed by atoms with E-state index in [1.165, 1.54) is 54.9 Å². The van der Waals surface area contributed by atoms with Crippen LogP contribution in [0.2, 0.25) is 0 Å². The molecule has 1 heterocycles. The molecular formula is C65H43N3. The van der Waals surface area contributed by atoms with Gasteiger partial charge in [0, 0.05) is 16.7 Å². The van der Waals surface area contributed by atoms with Gasteiger partial charge in [0.05, 0.1) is 0 Å². The second-order valence-electron chi connectivity index (χ2n) is 17.2. The predicted molar refractivity (Wildman–Crippen MR) is 284 cm³/mol. The maximum absolute atomic E-state index is 5.27. The van der Waals surface area contributed by atoms with Crippen molar-refractivity contribution >= 4 is 21.5 Å². The van der Waals surface area contributed by atoms with E-state index in [4.69, 9.17) is 15.0 Å². The first-order chi connectivity index (χ1) is 33.7. The molecule has 1 aromatic heterocycles. The number of fused-ring (bicyclic) bond motifs is 3. The molecule has 0 aliphatic heterocycles. The van der Waals surface area contributed by atoms with E-state index in [0.29, 0.717) is 17.5 Å². The third-order valence-corrected chi connectivity index (χ3v) is 12.9. The molecule has 0 saturated carbocycles. The van der Waals surface area contributed by atoms with Crippen LogP contribution in [0, 0.1) is 0 Å². The van der Waals surface area contributed by atoms with Gasteiger partial charge in [0.15, 0.2) is 17.5 Å². The maximum atomic E-state index is 5.27. The van der Waals surface area contributed by atoms with Gasteiger partial charge in [0.25, 0.3) is 0 Å². The van der Waals surface area contributed by atoms with Crippen molar-refractivity contribution in [3.63, 3.8) is 0 Å². The lowest BCUT2D eigenvalue weighted by Gasteiger charge is -2.13. The number of hydrogen-bond acceptors (Lipinski definition) is 3. The van der Waals surface area contributed by atoms with Gasteiger partial charge < -0.3 is 0 Å². The summed E-state index contributed by atoms with van der Waals surface area (Å²) in [5.41, 5.74) is 16.6. The van der Waals surface area contributed by atoms with Gasteiger partial charge in [-0.25, -0.2) is 15.0 Å². The number of rotatable bonds is 9. The molecule has 12 rings (SSSR count). The zero-order valence-electron chi connectivity index (χ0n) is 37.2. The van der Waals surface area contributed by atoms with E-state index in [9.17, 15) is 0 Å². The molecule has 0 amide bonds. The highest BCUT2D eigenvalue weighted by Gasteiger charge is 2.16. The van der Waals surface area contributed by atoms with E-state index in [0.717, 1.165) is 50.1 Å². The van der Waals surface area contributed by atoms with Crippen molar-refractivity contribution < 1.29 is 0 Å². The Labute approximate surface area is 396 Å². The van der Waals surface area contributed by atoms with E-state index in [1.54, 1.807) is 0 Å². The first kappa shape index (κ1) is 40.5. The molecule has 0 unspecified atom stereocenters. The molecule has 0 bridgehead atoms. The minimum atomic E-state index is 0.611. The zero-order valence-corrected chi connectivity index (χ0v) is 37.2. The summed E-state index contributed by atoms with van der Waals surface area (Å²) >= 11 is 0. The Kier molecular flexibility index (Phi) is 10.6. The van der Waals surface area contributed by atoms with Crippen LogP contribution >= 0.6 is 0 Å². The molecule has 0 spiro atoms. The quantitative estimate of drug-likeness (QED) is 0.136. The average Bonchev–Trinajstić information content (AvgIpc) is 3.43. The van der Waals surface area contributed by atoms with Gasteiger partial charge in [0.1, 0.15) is 0 Å². The lowest BCUT2D eigenvalue weighted by Crippen LogP contribution is -2.00. The van der Waals surface area contributed by atoms with E-state index < -0.39 is 0 Å². The highest BCUT2D eigenvalue weighted by Crippen LogP contribution is 2.38. The van der Waals surface area contributed by atoms with Gasteiger partial charge in [-0.2, -0.15) is 0 Å². The van der Waals surface area contributed by atoms with Crippen LogP contribution in [-0.4, -0.2) is 15.0 Å². The fourth-order valence-electron chi connectivity index (χ4n) is 9.43. The number of benzene rings is 11. The van der Waals surface area contributed by atoms with Gasteiger partial charge >= 0.3 is 0 Å². The summed E-state index contributed by atoms with van der Waals surface area (Å²) in [6, 6.07) is 92.6. The second kappa shape index (κ2) is 17.7. The lowest BCUT2D eigenvalue weighted by atomic mass is 9.92. The van der Waals surface area contributed by atoms with Crippen molar-refractivity contribution in [3.05, 3.63) is 261 Å². The second-order valence-corrected chi connectivity index (χ2v) is 17.2. The van der Waals surface area contributed by atoms with E-state index in [-0.39, 0.29) is 0 Å². The van der Waals surface area contributed by atoms with Crippen LogP contribution in [0.15, 0.2) is 261 Å². The average molecular weight is 866 g/mol. The number of nitrogens with zero attached hydrogens (tertiary/aromatic N) is 3. The van der Waals surface area contributed by atoms with Gasteiger partial charge in [-0.05, 0) is 125 Å². The SMILES string of the molecule is c1ccc(-c2cccc(-c3ccc(-c4nc(-c5cccc(-c6cccc(-c7cccc(-c8ccccc8)c7)c6)c5)nc(-c5cccc(-c6cc7ccccc7c7ccccc67)c5)n4)cc3)c2)cc1. The third-order valence-electron chi connectivity index (χ3n) is 12.9. The molecule has 0 aliphatic rings. The highest BCUT2D eigenvalue weighted by molar-refractivity contribution is 6.13. The minimum absolute atomic E-state index is 0.611. The van der Waals surface area contributed by atoms with Crippen molar-refractivity contribution in [1.82, 2.24) is 15.0 Å². The molecule has 0 aliphatic carbocycles. The molecule has 0 radical (unpaired) electrons. The molecule has 12 aromatic rings. The smallest absolute Gasteiger partial charge is 0.164 e. The summed E-state index contributed by atoms with van der Waals surface area (Å²) in [4.78, 5) is 15.7. The summed E-state index contributed by atoms with van der Waals surface area (Å²) in [5.74, 6) is 1.84. The largest absolute Gasteiger partial charge is 0.208 e. The van der Waals surface area contributed by atoms with E-state index in [1.807, 2.05) is 0 Å². The van der Waals surface area contributed by atoms with Crippen molar-refractivity contribution in [1.29, 1.82) is 0 Å². The van der Waals surface area contributed by atoms with Gasteiger partial charge in [-0.1, -0.05) is 224 Å². The van der Waals surface area contributed by atoms with Crippen LogP contribution in [0.5, 0.6) is 0 Å². The molecule has 68 heavy (non-hydrogen) atoms. The fourth-order valence-corrected chi connectivity index (χ4v) is 9.43. The zero-order chi connectivity index (χ0) is 45.2. The molecule has 318 valence electrons. The third kappa shape index (κ3) is 8.04. The van der Waals surface area contributed by atoms with E-state index in [2.05, 4.69) is 261 Å². The standard InChI is InChI=1S/C65H43N3/c1-3-16-44(17-4-1)48-21-11-23-50(38-48)46-34-36-47(37-35-46)63-66-64(57-29-14-27-54(41-57)53-26-13-25-52(40-53)51-24-12-22-49(39-51)45-18-5-2-6-19-45)68-65(67-63)58-30-15-28-55(42-58)62-43-56-20-7-8-31-59(56)60-32-9-10-33-61(60)62/h1-43H. The number of hydrogen-bond donors (Lipinski definition) is 0. The van der Waals surface area contributed by atoms with Crippen LogP contribution in [-0.2, 0) is 0 Å². The Hall–Kier alpha value is -9.05. The Bertz CT molecular complexity index is 3780. The van der Waals surface area contributed by atoms with Crippen LogP contribution in [0.3, 0.4) is 0 Å². The van der Waals surface area contributed by atoms with Crippen molar-refractivity contribution in [2.24, 2.45) is 0 Å². The molecular weight excluding hydrogens is 823 g/mol. The van der Waals surface area contributed by atoms with E-state index >= 15 is 0 Å². The Morgan fingerprint density at radius 3 is 0.985 bits per heavy atom. The Morgan fingerprint density at radius 1 is 0.176 bits per heavy atom. The summed E-state index contributed by atoms with van der Waals surface area (Å²) in [5, 5.41) is 4.89. The lowest BCUT2D eigenvalue weighted by molar-refractivity contribution is 1.07. The summed E-state index contributed by atoms with van der Waals surface area (Å²) in [7, 11) is 0. The molecule has 3 heteroatoms. The fraction of sp³-hybridized carbons (Fsp3) is 0. The molecule has 0 saturated heterocycles. The summed E-state index contributed by atoms with van der Waals surface area (Å²) in [6.45, 7) is 0. The molecule has 0 N–H and O–H groups in total. The van der Waals surface area contributed by atoms with Crippen molar-refractivity contribution in [2.45, 2.75) is 0 Å². The first-order valence-corrected chi connectivity index (χ1v) is 23.1. The Balaban J connectivity index is 0.949. The van der Waals surface area contributed by atoms with Crippen molar-refractivity contribution in [3.8, 4) is 101 Å². The monoisotopic (exact) mass is 865 g/mol. The summed E-state index contributed by atoms with van der Waals surface area (Å²) < 4.78 is 0. The molecule has 0 fully saturated rings. The number of aromatic nitrogens is 3.